The van der Waals surface area contributed by atoms with Crippen LogP contribution in [0.2, 0.25) is 0 Å². The predicted octanol–water partition coefficient (Wildman–Crippen LogP) is 3.88. The first-order valence-electron chi connectivity index (χ1n) is 7.63. The Morgan fingerprint density at radius 1 is 1.00 bits per heavy atom. The molecule has 0 saturated heterocycles. The number of benzene rings is 2. The smallest absolute Gasteiger partial charge is 0.257 e. The van der Waals surface area contributed by atoms with E-state index >= 15 is 0 Å². The van der Waals surface area contributed by atoms with E-state index in [2.05, 4.69) is 23.5 Å². The Hall–Kier alpha value is -2.20. The minimum atomic E-state index is -0.223. The molecule has 1 aliphatic carbocycles. The number of rotatable bonds is 3. The number of hydrogen-bond acceptors (Lipinski definition) is 2. The first-order valence-corrected chi connectivity index (χ1v) is 8.04. The van der Waals surface area contributed by atoms with Crippen molar-refractivity contribution in [1.82, 2.24) is 5.32 Å². The third-order valence-corrected chi connectivity index (χ3v) is 3.86. The molecule has 3 nitrogen and oxygen atoms in total. The fourth-order valence-electron chi connectivity index (χ4n) is 2.39. The van der Waals surface area contributed by atoms with Crippen LogP contribution in [0, 0.1) is 38.5 Å². The molecular formula is C20H17N2OS. The summed E-state index contributed by atoms with van der Waals surface area (Å²) < 4.78 is 0. The van der Waals surface area contributed by atoms with E-state index in [0.717, 1.165) is 22.7 Å². The summed E-state index contributed by atoms with van der Waals surface area (Å²) in [6.45, 7) is 1.98. The van der Waals surface area contributed by atoms with Crippen LogP contribution < -0.4 is 10.6 Å². The van der Waals surface area contributed by atoms with E-state index in [-0.39, 0.29) is 11.0 Å². The molecule has 0 atom stereocenters. The standard InChI is InChI=1S/C20H17N2OS/c1-14-9-11-16(12-10-14)19(23)22-20(24)21-18-8-4-7-17(13-18)15-5-2-3-6-15/h2-13H,1H3,(H2,21,22,23,24). The zero-order chi connectivity index (χ0) is 16.9. The highest BCUT2D eigenvalue weighted by molar-refractivity contribution is 7.80. The van der Waals surface area contributed by atoms with Gasteiger partial charge in [0.05, 0.1) is 0 Å². The molecule has 1 fully saturated rings. The van der Waals surface area contributed by atoms with E-state index in [1.54, 1.807) is 12.1 Å². The van der Waals surface area contributed by atoms with Crippen LogP contribution in [0.3, 0.4) is 0 Å². The average molecular weight is 333 g/mol. The lowest BCUT2D eigenvalue weighted by molar-refractivity contribution is 0.0978. The molecule has 1 saturated carbocycles. The molecule has 4 heteroatoms. The van der Waals surface area contributed by atoms with E-state index < -0.39 is 0 Å². The van der Waals surface area contributed by atoms with Gasteiger partial charge >= 0.3 is 0 Å². The van der Waals surface area contributed by atoms with Gasteiger partial charge in [0.2, 0.25) is 0 Å². The Morgan fingerprint density at radius 3 is 2.42 bits per heavy atom. The normalized spacial score (nSPS) is 14.4. The van der Waals surface area contributed by atoms with Gasteiger partial charge in [0.15, 0.2) is 5.11 Å². The van der Waals surface area contributed by atoms with E-state index in [1.807, 2.05) is 56.2 Å². The number of aryl methyl sites for hydroxylation is 1. The van der Waals surface area contributed by atoms with Crippen molar-refractivity contribution in [3.05, 3.63) is 96.8 Å². The first kappa shape index (κ1) is 16.7. The van der Waals surface area contributed by atoms with Gasteiger partial charge in [-0.05, 0) is 74.7 Å². The monoisotopic (exact) mass is 333 g/mol. The molecule has 0 bridgehead atoms. The van der Waals surface area contributed by atoms with Crippen molar-refractivity contribution < 1.29 is 4.79 Å². The highest BCUT2D eigenvalue weighted by atomic mass is 32.1. The number of nitrogens with one attached hydrogen (secondary N) is 2. The zero-order valence-corrected chi connectivity index (χ0v) is 14.1. The van der Waals surface area contributed by atoms with Crippen LogP contribution in [0.1, 0.15) is 21.5 Å². The lowest BCUT2D eigenvalue weighted by Crippen LogP contribution is -2.34. The van der Waals surface area contributed by atoms with Crippen molar-refractivity contribution in [3.63, 3.8) is 0 Å². The fourth-order valence-corrected chi connectivity index (χ4v) is 2.60. The van der Waals surface area contributed by atoms with Crippen LogP contribution in [0.4, 0.5) is 5.69 Å². The van der Waals surface area contributed by atoms with Gasteiger partial charge in [-0.25, -0.2) is 0 Å². The largest absolute Gasteiger partial charge is 0.332 e. The Kier molecular flexibility index (Phi) is 5.26. The summed E-state index contributed by atoms with van der Waals surface area (Å²) in [5.41, 5.74) is 3.62. The molecule has 1 aliphatic rings. The molecule has 0 spiro atoms. The molecule has 119 valence electrons. The van der Waals surface area contributed by atoms with E-state index in [9.17, 15) is 4.79 Å². The number of carbonyl (C=O) groups is 1. The molecule has 2 aromatic carbocycles. The number of hydrogen-bond donors (Lipinski definition) is 2. The van der Waals surface area contributed by atoms with Gasteiger partial charge in [0.1, 0.15) is 0 Å². The summed E-state index contributed by atoms with van der Waals surface area (Å²) in [7, 11) is 0. The highest BCUT2D eigenvalue weighted by Crippen LogP contribution is 2.31. The molecule has 0 heterocycles. The second-order valence-electron chi connectivity index (χ2n) is 5.53. The predicted molar refractivity (Wildman–Crippen MR) is 101 cm³/mol. The summed E-state index contributed by atoms with van der Waals surface area (Å²) >= 11 is 5.24. The van der Waals surface area contributed by atoms with Gasteiger partial charge in [0.25, 0.3) is 5.91 Å². The molecular weight excluding hydrogens is 316 g/mol. The average Bonchev–Trinajstić information content (AvgIpc) is 3.10. The summed E-state index contributed by atoms with van der Waals surface area (Å²) in [5.74, 6) is 0.924. The topological polar surface area (TPSA) is 41.1 Å². The van der Waals surface area contributed by atoms with Crippen LogP contribution in [0.25, 0.3) is 0 Å². The lowest BCUT2D eigenvalue weighted by Gasteiger charge is -2.13. The van der Waals surface area contributed by atoms with E-state index in [4.69, 9.17) is 12.2 Å². The molecule has 2 N–H and O–H groups in total. The summed E-state index contributed by atoms with van der Waals surface area (Å²) in [5, 5.41) is 6.03. The molecule has 3 rings (SSSR count). The molecule has 0 unspecified atom stereocenters. The summed E-state index contributed by atoms with van der Waals surface area (Å²) in [6.07, 6.45) is 8.11. The minimum Gasteiger partial charge on any atom is -0.332 e. The van der Waals surface area contributed by atoms with Crippen LogP contribution in [-0.2, 0) is 0 Å². The number of carbonyl (C=O) groups excluding carboxylic acids is 1. The Morgan fingerprint density at radius 2 is 1.71 bits per heavy atom. The number of anilines is 1. The second-order valence-corrected chi connectivity index (χ2v) is 5.94. The van der Waals surface area contributed by atoms with Crippen molar-refractivity contribution in [2.24, 2.45) is 0 Å². The maximum atomic E-state index is 12.2. The first-order chi connectivity index (χ1) is 11.6. The minimum absolute atomic E-state index is 0.223. The van der Waals surface area contributed by atoms with Crippen LogP contribution in [0.5, 0.6) is 0 Å². The van der Waals surface area contributed by atoms with Crippen LogP contribution in [0.15, 0.2) is 48.5 Å². The molecule has 1 amide bonds. The van der Waals surface area contributed by atoms with Gasteiger partial charge in [-0.2, -0.15) is 0 Å². The van der Waals surface area contributed by atoms with Crippen molar-refractivity contribution in [3.8, 4) is 0 Å². The van der Waals surface area contributed by atoms with Crippen molar-refractivity contribution in [1.29, 1.82) is 0 Å². The lowest BCUT2D eigenvalue weighted by atomic mass is 9.97. The summed E-state index contributed by atoms with van der Waals surface area (Å²) in [6, 6.07) is 15.3. The number of thiocarbonyl (C=S) groups is 1. The van der Waals surface area contributed by atoms with E-state index in [1.165, 1.54) is 0 Å². The summed E-state index contributed by atoms with van der Waals surface area (Å²) in [4.78, 5) is 12.2. The molecule has 24 heavy (non-hydrogen) atoms. The van der Waals surface area contributed by atoms with Crippen molar-refractivity contribution in [2.45, 2.75) is 6.92 Å². The van der Waals surface area contributed by atoms with Crippen LogP contribution in [-0.4, -0.2) is 11.0 Å². The fraction of sp³-hybridized carbons (Fsp3) is 0.0500. The van der Waals surface area contributed by atoms with Crippen molar-refractivity contribution in [2.75, 3.05) is 5.32 Å². The molecule has 0 aromatic heterocycles. The molecule has 5 radical (unpaired) electrons. The SMILES string of the molecule is Cc1ccc(C(=O)NC(=S)Nc2cccc([C]3[CH][CH][CH][CH]3)c2)cc1. The Balaban J connectivity index is 1.61. The van der Waals surface area contributed by atoms with Gasteiger partial charge in [-0.1, -0.05) is 29.8 Å². The molecule has 2 aromatic rings. The third kappa shape index (κ3) is 4.20. The maximum absolute atomic E-state index is 12.2. The van der Waals surface area contributed by atoms with E-state index in [0.29, 0.717) is 5.56 Å². The highest BCUT2D eigenvalue weighted by Gasteiger charge is 2.19. The van der Waals surface area contributed by atoms with Crippen molar-refractivity contribution >= 4 is 28.9 Å². The van der Waals surface area contributed by atoms with Gasteiger partial charge in [-0.15, -0.1) is 0 Å². The molecule has 0 aliphatic heterocycles. The quantitative estimate of drug-likeness (QED) is 0.838. The van der Waals surface area contributed by atoms with Gasteiger partial charge in [-0.3, -0.25) is 10.1 Å². The Labute approximate surface area is 148 Å². The second kappa shape index (κ2) is 7.58. The van der Waals surface area contributed by atoms with Crippen LogP contribution >= 0.6 is 12.2 Å². The zero-order valence-electron chi connectivity index (χ0n) is 13.2. The van der Waals surface area contributed by atoms with Gasteiger partial charge in [0, 0.05) is 17.2 Å². The Bertz CT molecular complexity index is 734. The van der Waals surface area contributed by atoms with Gasteiger partial charge < -0.3 is 5.32 Å². The maximum Gasteiger partial charge on any atom is 0.257 e. The third-order valence-electron chi connectivity index (χ3n) is 3.66. The number of amides is 1.